The standard InChI is InChI=1S/C25H31N7O.2ClH/c1-14-8-11-19-18(12-14)22(30-20-6-4-5-7-21(20)31-25(26)27)32-23(29-19)24(33)28-17-10-9-15(2)16(3)13-17;;/h8-13,20-21H,4-7H2,1-3H3,(H,28,33)(H4,26,27,31)(H,29,30,32);2*1H/t20-,21+;;/m0../s1. The van der Waals surface area contributed by atoms with Gasteiger partial charge in [0, 0.05) is 11.1 Å². The van der Waals surface area contributed by atoms with Crippen LogP contribution >= 0.6 is 24.8 Å². The highest BCUT2D eigenvalue weighted by Gasteiger charge is 2.26. The maximum Gasteiger partial charge on any atom is 0.293 e. The number of hydrogen-bond donors (Lipinski definition) is 4. The second-order valence-electron chi connectivity index (χ2n) is 8.83. The Kier molecular flexibility index (Phi) is 9.68. The first-order valence-corrected chi connectivity index (χ1v) is 11.3. The van der Waals surface area contributed by atoms with Crippen molar-refractivity contribution in [2.75, 3.05) is 10.6 Å². The number of fused-ring (bicyclic) bond motifs is 1. The van der Waals surface area contributed by atoms with Gasteiger partial charge in [-0.2, -0.15) is 0 Å². The fourth-order valence-corrected chi connectivity index (χ4v) is 4.26. The third kappa shape index (κ3) is 6.74. The van der Waals surface area contributed by atoms with Crippen molar-refractivity contribution in [3.63, 3.8) is 0 Å². The lowest BCUT2D eigenvalue weighted by atomic mass is 9.90. The van der Waals surface area contributed by atoms with Gasteiger partial charge in [0.25, 0.3) is 5.91 Å². The summed E-state index contributed by atoms with van der Waals surface area (Å²) in [5, 5.41) is 7.32. The number of amides is 1. The molecule has 0 unspecified atom stereocenters. The molecule has 1 aromatic heterocycles. The van der Waals surface area contributed by atoms with Gasteiger partial charge in [0.05, 0.1) is 17.6 Å². The molecule has 6 N–H and O–H groups in total. The summed E-state index contributed by atoms with van der Waals surface area (Å²) in [6.07, 6.45) is 3.98. The number of halogens is 2. The van der Waals surface area contributed by atoms with E-state index in [-0.39, 0.29) is 54.6 Å². The Morgan fingerprint density at radius 1 is 0.971 bits per heavy atom. The number of aliphatic imine (C=N–C) groups is 1. The highest BCUT2D eigenvalue weighted by Crippen LogP contribution is 2.28. The normalized spacial score (nSPS) is 17.0. The number of anilines is 2. The molecule has 1 aliphatic rings. The van der Waals surface area contributed by atoms with Gasteiger partial charge in [-0.15, -0.1) is 24.8 Å². The Labute approximate surface area is 218 Å². The molecule has 0 aliphatic heterocycles. The molecule has 8 nitrogen and oxygen atoms in total. The second kappa shape index (κ2) is 12.0. The van der Waals surface area contributed by atoms with Crippen LogP contribution in [0.2, 0.25) is 0 Å². The van der Waals surface area contributed by atoms with Crippen LogP contribution in [0.5, 0.6) is 0 Å². The quantitative estimate of drug-likeness (QED) is 0.287. The number of nitrogens with two attached hydrogens (primary N) is 2. The molecule has 10 heteroatoms. The lowest BCUT2D eigenvalue weighted by Crippen LogP contribution is -2.38. The SMILES string of the molecule is Cc1ccc2nc(C(=O)Nc3ccc(C)c(C)c3)nc(N[C@H]3CCCC[C@H]3N=C(N)N)c2c1.Cl.Cl. The van der Waals surface area contributed by atoms with Crippen LogP contribution in [0, 0.1) is 20.8 Å². The maximum atomic E-state index is 13.1. The Bertz CT molecular complexity index is 1230. The summed E-state index contributed by atoms with van der Waals surface area (Å²) in [5.74, 6) is 0.469. The van der Waals surface area contributed by atoms with Crippen LogP contribution in [0.3, 0.4) is 0 Å². The zero-order chi connectivity index (χ0) is 23.5. The third-order valence-electron chi connectivity index (χ3n) is 6.19. The fourth-order valence-electron chi connectivity index (χ4n) is 4.26. The lowest BCUT2D eigenvalue weighted by Gasteiger charge is -2.30. The van der Waals surface area contributed by atoms with Gasteiger partial charge >= 0.3 is 0 Å². The molecule has 1 heterocycles. The molecule has 35 heavy (non-hydrogen) atoms. The Morgan fingerprint density at radius 3 is 2.43 bits per heavy atom. The average molecular weight is 518 g/mol. The molecule has 188 valence electrons. The summed E-state index contributed by atoms with van der Waals surface area (Å²) in [5.41, 5.74) is 16.1. The minimum atomic E-state index is -0.354. The first-order valence-electron chi connectivity index (χ1n) is 11.3. The molecule has 0 spiro atoms. The smallest absolute Gasteiger partial charge is 0.293 e. The topological polar surface area (TPSA) is 131 Å². The number of nitrogens with zero attached hydrogens (tertiary/aromatic N) is 3. The van der Waals surface area contributed by atoms with Crippen molar-refractivity contribution in [3.05, 3.63) is 58.9 Å². The monoisotopic (exact) mass is 517 g/mol. The summed E-state index contributed by atoms with van der Waals surface area (Å²) in [4.78, 5) is 26.7. The second-order valence-corrected chi connectivity index (χ2v) is 8.83. The number of carbonyl (C=O) groups is 1. The number of carbonyl (C=O) groups excluding carboxylic acids is 1. The molecule has 2 atom stereocenters. The zero-order valence-corrected chi connectivity index (χ0v) is 21.8. The van der Waals surface area contributed by atoms with Crippen molar-refractivity contribution < 1.29 is 4.79 Å². The van der Waals surface area contributed by atoms with E-state index in [2.05, 4.69) is 25.6 Å². The van der Waals surface area contributed by atoms with Crippen LogP contribution in [0.1, 0.15) is 53.0 Å². The van der Waals surface area contributed by atoms with E-state index in [0.717, 1.165) is 42.2 Å². The molecule has 4 rings (SSSR count). The Hall–Kier alpha value is -3.10. The van der Waals surface area contributed by atoms with Crippen molar-refractivity contribution in [2.45, 2.75) is 58.5 Å². The van der Waals surface area contributed by atoms with E-state index in [1.165, 1.54) is 5.56 Å². The number of nitrogens with one attached hydrogen (secondary N) is 2. The molecule has 0 saturated heterocycles. The van der Waals surface area contributed by atoms with Crippen molar-refractivity contribution in [1.82, 2.24) is 9.97 Å². The van der Waals surface area contributed by atoms with Crippen LogP contribution in [0.4, 0.5) is 11.5 Å². The Morgan fingerprint density at radius 2 is 1.71 bits per heavy atom. The maximum absolute atomic E-state index is 13.1. The van der Waals surface area contributed by atoms with Crippen LogP contribution in [-0.2, 0) is 0 Å². The van der Waals surface area contributed by atoms with Crippen molar-refractivity contribution in [3.8, 4) is 0 Å². The first-order chi connectivity index (χ1) is 15.8. The molecule has 1 amide bonds. The predicted octanol–water partition coefficient (Wildman–Crippen LogP) is 4.65. The third-order valence-corrected chi connectivity index (χ3v) is 6.19. The summed E-state index contributed by atoms with van der Waals surface area (Å²) in [6.45, 7) is 6.07. The largest absolute Gasteiger partial charge is 0.370 e. The molecule has 2 aromatic carbocycles. The highest BCUT2D eigenvalue weighted by molar-refractivity contribution is 6.04. The molecular formula is C25H33Cl2N7O. The van der Waals surface area contributed by atoms with Crippen LogP contribution < -0.4 is 22.1 Å². The molecule has 1 saturated carbocycles. The zero-order valence-electron chi connectivity index (χ0n) is 20.2. The molecule has 0 radical (unpaired) electrons. The summed E-state index contributed by atoms with van der Waals surface area (Å²) in [6, 6.07) is 11.7. The van der Waals surface area contributed by atoms with E-state index in [0.29, 0.717) is 17.0 Å². The fraction of sp³-hybridized carbons (Fsp3) is 0.360. The van der Waals surface area contributed by atoms with Crippen LogP contribution in [0.15, 0.2) is 41.4 Å². The molecular weight excluding hydrogens is 485 g/mol. The lowest BCUT2D eigenvalue weighted by molar-refractivity contribution is 0.101. The molecule has 1 fully saturated rings. The Balaban J connectivity index is 0.00000216. The van der Waals surface area contributed by atoms with Gasteiger partial charge in [-0.3, -0.25) is 4.79 Å². The van der Waals surface area contributed by atoms with E-state index >= 15 is 0 Å². The van der Waals surface area contributed by atoms with Crippen molar-refractivity contribution >= 4 is 59.1 Å². The predicted molar refractivity (Wildman–Crippen MR) is 148 cm³/mol. The number of hydrogen-bond acceptors (Lipinski definition) is 5. The average Bonchev–Trinajstić information content (AvgIpc) is 2.77. The van der Waals surface area contributed by atoms with Gasteiger partial charge in [0.1, 0.15) is 5.82 Å². The van der Waals surface area contributed by atoms with Crippen molar-refractivity contribution in [2.24, 2.45) is 16.5 Å². The van der Waals surface area contributed by atoms with Gasteiger partial charge in [0.2, 0.25) is 5.82 Å². The van der Waals surface area contributed by atoms with Crippen molar-refractivity contribution in [1.29, 1.82) is 0 Å². The summed E-state index contributed by atoms with van der Waals surface area (Å²) >= 11 is 0. The van der Waals surface area contributed by atoms with E-state index in [1.807, 2.05) is 57.2 Å². The summed E-state index contributed by atoms with van der Waals surface area (Å²) in [7, 11) is 0. The van der Waals surface area contributed by atoms with E-state index in [4.69, 9.17) is 11.5 Å². The number of aromatic nitrogens is 2. The van der Waals surface area contributed by atoms with Gasteiger partial charge < -0.3 is 22.1 Å². The number of guanidine groups is 1. The van der Waals surface area contributed by atoms with E-state index in [9.17, 15) is 4.79 Å². The molecule has 0 bridgehead atoms. The van der Waals surface area contributed by atoms with Gasteiger partial charge in [-0.25, -0.2) is 15.0 Å². The van der Waals surface area contributed by atoms with Gasteiger partial charge in [-0.1, -0.05) is 30.5 Å². The molecule has 3 aromatic rings. The van der Waals surface area contributed by atoms with Crippen LogP contribution in [0.25, 0.3) is 10.9 Å². The number of rotatable bonds is 5. The number of aryl methyl sites for hydroxylation is 3. The van der Waals surface area contributed by atoms with Gasteiger partial charge in [-0.05, 0) is 69.0 Å². The van der Waals surface area contributed by atoms with E-state index < -0.39 is 0 Å². The highest BCUT2D eigenvalue weighted by atomic mass is 35.5. The minimum absolute atomic E-state index is 0. The molecule has 1 aliphatic carbocycles. The number of benzene rings is 2. The summed E-state index contributed by atoms with van der Waals surface area (Å²) < 4.78 is 0. The van der Waals surface area contributed by atoms with Crippen LogP contribution in [-0.4, -0.2) is 33.9 Å². The minimum Gasteiger partial charge on any atom is -0.370 e. The van der Waals surface area contributed by atoms with E-state index in [1.54, 1.807) is 0 Å². The first kappa shape index (κ1) is 28.1. The van der Waals surface area contributed by atoms with Gasteiger partial charge in [0.15, 0.2) is 5.96 Å².